The Bertz CT molecular complexity index is 729. The van der Waals surface area contributed by atoms with Crippen molar-refractivity contribution in [2.45, 2.75) is 0 Å². The van der Waals surface area contributed by atoms with E-state index in [0.29, 0.717) is 5.75 Å². The van der Waals surface area contributed by atoms with Crippen molar-refractivity contribution in [1.82, 2.24) is 0 Å². The molecule has 1 N–H and O–H groups in total. The molecule has 5 heteroatoms. The van der Waals surface area contributed by atoms with E-state index in [-0.39, 0.29) is 7.69 Å². The van der Waals surface area contributed by atoms with Crippen molar-refractivity contribution in [3.8, 4) is 5.75 Å². The van der Waals surface area contributed by atoms with Gasteiger partial charge < -0.3 is 14.6 Å². The molecule has 3 rings (SSSR count). The predicted octanol–water partition coefficient (Wildman–Crippen LogP) is 4.56. The normalized spacial score (nSPS) is 10.2. The quantitative estimate of drug-likeness (QED) is 0.671. The van der Waals surface area contributed by atoms with E-state index in [0.717, 1.165) is 21.5 Å². The van der Waals surface area contributed by atoms with E-state index in [1.165, 1.54) is 0 Å². The van der Waals surface area contributed by atoms with Crippen molar-refractivity contribution in [3.05, 3.63) is 83.3 Å². The first kappa shape index (κ1) is 15.7. The maximum Gasteiger partial charge on any atom is 0.504 e. The van der Waals surface area contributed by atoms with Crippen LogP contribution in [0.5, 0.6) is 5.75 Å². The molecule has 0 radical (unpaired) electrons. The van der Waals surface area contributed by atoms with Crippen LogP contribution in [0.2, 0.25) is 0 Å². The fourth-order valence-electron chi connectivity index (χ4n) is 2.41. The number of halogens is 1. The maximum atomic E-state index is 9.05. The van der Waals surface area contributed by atoms with Gasteiger partial charge in [-0.05, 0) is 52.3 Å². The highest BCUT2D eigenvalue weighted by molar-refractivity contribution is 9.10. The molecule has 3 aromatic carbocycles. The molecule has 0 unspecified atom stereocenters. The van der Waals surface area contributed by atoms with E-state index in [4.69, 9.17) is 9.68 Å². The number of hydrogen-bond donors (Lipinski definition) is 1. The molecule has 0 aromatic heterocycles. The summed E-state index contributed by atoms with van der Waals surface area (Å²) in [6.07, 6.45) is 0. The van der Waals surface area contributed by atoms with Gasteiger partial charge in [-0.3, -0.25) is 0 Å². The van der Waals surface area contributed by atoms with Crippen LogP contribution in [0.25, 0.3) is 0 Å². The van der Waals surface area contributed by atoms with Crippen molar-refractivity contribution >= 4 is 40.7 Å². The van der Waals surface area contributed by atoms with E-state index in [1.54, 1.807) is 0 Å². The lowest BCUT2D eigenvalue weighted by molar-refractivity contribution is 0.452. The molecule has 23 heavy (non-hydrogen) atoms. The third-order valence-electron chi connectivity index (χ3n) is 3.42. The van der Waals surface area contributed by atoms with Crippen LogP contribution in [-0.4, -0.2) is 12.7 Å². The molecular weight excluding hydrogens is 353 g/mol. The molecule has 0 amide bonds. The van der Waals surface area contributed by atoms with Gasteiger partial charge in [0.2, 0.25) is 0 Å². The Kier molecular flexibility index (Phi) is 5.00. The molecule has 0 atom stereocenters. The molecular formula is C18H15BBrNO2. The topological polar surface area (TPSA) is 32.7 Å². The zero-order valence-corrected chi connectivity index (χ0v) is 14.0. The second kappa shape index (κ2) is 7.35. The Labute approximate surface area is 144 Å². The Hall–Kier alpha value is -2.24. The third-order valence-corrected chi connectivity index (χ3v) is 4.08. The van der Waals surface area contributed by atoms with Crippen LogP contribution in [-0.2, 0) is 0 Å². The van der Waals surface area contributed by atoms with Gasteiger partial charge in [-0.1, -0.05) is 36.4 Å². The van der Waals surface area contributed by atoms with E-state index in [9.17, 15) is 0 Å². The Balaban J connectivity index is 2.11. The molecule has 0 aliphatic carbocycles. The van der Waals surface area contributed by atoms with Gasteiger partial charge in [0.15, 0.2) is 0 Å². The van der Waals surface area contributed by atoms with Crippen molar-refractivity contribution in [3.63, 3.8) is 0 Å². The minimum atomic E-state index is -0.362. The molecule has 0 saturated heterocycles. The van der Waals surface area contributed by atoms with Crippen LogP contribution in [0.15, 0.2) is 83.3 Å². The van der Waals surface area contributed by atoms with Crippen LogP contribution in [0.4, 0.5) is 17.1 Å². The van der Waals surface area contributed by atoms with Gasteiger partial charge in [0.25, 0.3) is 0 Å². The fraction of sp³-hybridized carbons (Fsp3) is 0. The number of anilines is 3. The number of para-hydroxylation sites is 2. The summed E-state index contributed by atoms with van der Waals surface area (Å²) in [7, 11) is -0.362. The molecule has 0 heterocycles. The maximum absolute atomic E-state index is 9.05. The molecule has 3 nitrogen and oxygen atoms in total. The molecule has 0 spiro atoms. The smallest absolute Gasteiger partial charge is 0.504 e. The highest BCUT2D eigenvalue weighted by Gasteiger charge is 2.13. The van der Waals surface area contributed by atoms with Crippen LogP contribution in [0, 0.1) is 0 Å². The lowest BCUT2D eigenvalue weighted by atomic mass is 10.2. The van der Waals surface area contributed by atoms with Gasteiger partial charge in [-0.15, -0.1) is 0 Å². The van der Waals surface area contributed by atoms with E-state index in [1.807, 2.05) is 54.6 Å². The average molecular weight is 368 g/mol. The van der Waals surface area contributed by atoms with Crippen molar-refractivity contribution < 1.29 is 9.68 Å². The van der Waals surface area contributed by atoms with Crippen LogP contribution in [0.3, 0.4) is 0 Å². The molecule has 0 bridgehead atoms. The van der Waals surface area contributed by atoms with Gasteiger partial charge in [-0.2, -0.15) is 0 Å². The monoisotopic (exact) mass is 367 g/mol. The second-order valence-electron chi connectivity index (χ2n) is 4.89. The summed E-state index contributed by atoms with van der Waals surface area (Å²) in [5.41, 5.74) is 3.06. The molecule has 0 aliphatic heterocycles. The third kappa shape index (κ3) is 3.58. The van der Waals surface area contributed by atoms with Crippen molar-refractivity contribution in [1.29, 1.82) is 0 Å². The first-order valence-electron chi connectivity index (χ1n) is 7.23. The first-order valence-corrected chi connectivity index (χ1v) is 8.02. The Morgan fingerprint density at radius 1 is 0.783 bits per heavy atom. The van der Waals surface area contributed by atoms with Gasteiger partial charge in [0.05, 0.1) is 4.47 Å². The van der Waals surface area contributed by atoms with Gasteiger partial charge >= 0.3 is 7.69 Å². The SMILES string of the molecule is OBOc1cc(N(c2ccccc2)c2ccccc2)ccc1Br. The summed E-state index contributed by atoms with van der Waals surface area (Å²) in [6.45, 7) is 0. The fourth-order valence-corrected chi connectivity index (χ4v) is 2.77. The average Bonchev–Trinajstić information content (AvgIpc) is 2.60. The summed E-state index contributed by atoms with van der Waals surface area (Å²) in [5.74, 6) is 0.599. The van der Waals surface area contributed by atoms with Gasteiger partial charge in [-0.25, -0.2) is 0 Å². The summed E-state index contributed by atoms with van der Waals surface area (Å²) >= 11 is 3.44. The highest BCUT2D eigenvalue weighted by Crippen LogP contribution is 2.38. The highest BCUT2D eigenvalue weighted by atomic mass is 79.9. The molecule has 0 fully saturated rings. The molecule has 114 valence electrons. The standard InChI is InChI=1S/C18H15BBrNO2/c20-17-12-11-16(13-18(17)23-19-22)21(14-7-3-1-4-8-14)15-9-5-2-6-10-15/h1-13,19,22H. The first-order chi connectivity index (χ1) is 11.3. The Morgan fingerprint density at radius 3 is 1.87 bits per heavy atom. The largest absolute Gasteiger partial charge is 0.538 e. The predicted molar refractivity (Wildman–Crippen MR) is 98.8 cm³/mol. The zero-order valence-electron chi connectivity index (χ0n) is 12.4. The summed E-state index contributed by atoms with van der Waals surface area (Å²) < 4.78 is 6.08. The molecule has 3 aromatic rings. The number of nitrogens with zero attached hydrogens (tertiary/aromatic N) is 1. The van der Waals surface area contributed by atoms with Crippen molar-refractivity contribution in [2.75, 3.05) is 4.90 Å². The lowest BCUT2D eigenvalue weighted by Gasteiger charge is -2.26. The van der Waals surface area contributed by atoms with Gasteiger partial charge in [0.1, 0.15) is 5.75 Å². The second-order valence-corrected chi connectivity index (χ2v) is 5.75. The minimum Gasteiger partial charge on any atom is -0.538 e. The van der Waals surface area contributed by atoms with E-state index in [2.05, 4.69) is 45.1 Å². The summed E-state index contributed by atoms with van der Waals surface area (Å²) in [6, 6.07) is 26.1. The molecule has 0 aliphatic rings. The lowest BCUT2D eigenvalue weighted by Crippen LogP contribution is -2.10. The van der Waals surface area contributed by atoms with Crippen LogP contribution < -0.4 is 9.55 Å². The van der Waals surface area contributed by atoms with Crippen LogP contribution >= 0.6 is 15.9 Å². The summed E-state index contributed by atoms with van der Waals surface area (Å²) in [5, 5.41) is 9.05. The minimum absolute atomic E-state index is 0.362. The van der Waals surface area contributed by atoms with Crippen molar-refractivity contribution in [2.24, 2.45) is 0 Å². The zero-order chi connectivity index (χ0) is 16.1. The summed E-state index contributed by atoms with van der Waals surface area (Å²) in [4.78, 5) is 2.14. The van der Waals surface area contributed by atoms with E-state index >= 15 is 0 Å². The number of benzene rings is 3. The van der Waals surface area contributed by atoms with Crippen LogP contribution in [0.1, 0.15) is 0 Å². The molecule has 0 saturated carbocycles. The number of hydrogen-bond acceptors (Lipinski definition) is 3. The van der Waals surface area contributed by atoms with Gasteiger partial charge in [0, 0.05) is 23.1 Å². The number of rotatable bonds is 5. The van der Waals surface area contributed by atoms with E-state index < -0.39 is 0 Å². The Morgan fingerprint density at radius 2 is 1.35 bits per heavy atom.